The van der Waals surface area contributed by atoms with Crippen LogP contribution in [0.15, 0.2) is 6.20 Å². The van der Waals surface area contributed by atoms with Crippen molar-refractivity contribution in [2.24, 2.45) is 0 Å². The van der Waals surface area contributed by atoms with Gasteiger partial charge in [-0.05, 0) is 19.3 Å². The van der Waals surface area contributed by atoms with Crippen molar-refractivity contribution in [3.63, 3.8) is 0 Å². The highest BCUT2D eigenvalue weighted by Gasteiger charge is 2.36. The third kappa shape index (κ3) is 3.26. The summed E-state index contributed by atoms with van der Waals surface area (Å²) < 4.78 is 7.94. The molecule has 7 nitrogen and oxygen atoms in total. The average Bonchev–Trinajstić information content (AvgIpc) is 3.24. The Labute approximate surface area is 136 Å². The van der Waals surface area contributed by atoms with E-state index in [1.54, 1.807) is 6.20 Å². The summed E-state index contributed by atoms with van der Waals surface area (Å²) in [5, 5.41) is 11.4. The van der Waals surface area contributed by atoms with E-state index in [1.165, 1.54) is 12.8 Å². The maximum atomic E-state index is 12.1. The average molecular weight is 319 g/mol. The molecule has 1 N–H and O–H groups in total. The first-order valence-corrected chi connectivity index (χ1v) is 8.82. The molecule has 1 aromatic heterocycles. The topological polar surface area (TPSA) is 72.3 Å². The van der Waals surface area contributed by atoms with Crippen LogP contribution >= 0.6 is 0 Å². The zero-order valence-corrected chi connectivity index (χ0v) is 13.5. The minimum atomic E-state index is 0.195. The Morgan fingerprint density at radius 2 is 2.22 bits per heavy atom. The van der Waals surface area contributed by atoms with Gasteiger partial charge in [0.15, 0.2) is 0 Å². The first-order chi connectivity index (χ1) is 11.3. The predicted molar refractivity (Wildman–Crippen MR) is 83.7 cm³/mol. The molecule has 1 aromatic rings. The summed E-state index contributed by atoms with van der Waals surface area (Å²) >= 11 is 0. The molecule has 0 unspecified atom stereocenters. The molecule has 2 fully saturated rings. The second-order valence-corrected chi connectivity index (χ2v) is 6.97. The van der Waals surface area contributed by atoms with Crippen molar-refractivity contribution < 1.29 is 9.53 Å². The molecule has 0 radical (unpaired) electrons. The van der Waals surface area contributed by atoms with Gasteiger partial charge in [-0.25, -0.2) is 4.68 Å². The minimum Gasteiger partial charge on any atom is -0.370 e. The Kier molecular flexibility index (Phi) is 4.31. The van der Waals surface area contributed by atoms with E-state index in [9.17, 15) is 4.79 Å². The summed E-state index contributed by atoms with van der Waals surface area (Å²) in [6, 6.07) is 0.644. The summed E-state index contributed by atoms with van der Waals surface area (Å²) in [5.41, 5.74) is 1.05. The number of carbonyl (C=O) groups excluding carboxylic acids is 1. The zero-order chi connectivity index (χ0) is 15.6. The van der Waals surface area contributed by atoms with Crippen LogP contribution in [-0.2, 0) is 16.1 Å². The van der Waals surface area contributed by atoms with Crippen molar-refractivity contribution in [1.29, 1.82) is 0 Å². The summed E-state index contributed by atoms with van der Waals surface area (Å²) in [6.45, 7) is 3.30. The first kappa shape index (κ1) is 15.1. The molecule has 1 amide bonds. The molecule has 2 atom stereocenters. The van der Waals surface area contributed by atoms with Crippen LogP contribution in [-0.4, -0.2) is 57.6 Å². The van der Waals surface area contributed by atoms with Gasteiger partial charge in [0, 0.05) is 32.1 Å². The van der Waals surface area contributed by atoms with Crippen molar-refractivity contribution in [2.45, 2.75) is 63.3 Å². The molecule has 1 aliphatic carbocycles. The highest BCUT2D eigenvalue weighted by atomic mass is 16.5. The number of hydrogen-bond donors (Lipinski definition) is 1. The van der Waals surface area contributed by atoms with E-state index in [0.717, 1.165) is 44.6 Å². The molecule has 1 saturated carbocycles. The number of ether oxygens (including phenoxy) is 1. The van der Waals surface area contributed by atoms with Gasteiger partial charge in [-0.1, -0.05) is 18.1 Å². The van der Waals surface area contributed by atoms with Crippen molar-refractivity contribution in [3.8, 4) is 0 Å². The summed E-state index contributed by atoms with van der Waals surface area (Å²) in [7, 11) is 0. The Morgan fingerprint density at radius 3 is 3.09 bits per heavy atom. The quantitative estimate of drug-likeness (QED) is 0.892. The van der Waals surface area contributed by atoms with E-state index < -0.39 is 0 Å². The number of piperidine rings is 1. The van der Waals surface area contributed by atoms with Crippen LogP contribution in [0.3, 0.4) is 0 Å². The standard InChI is InChI=1S/C16H25N5O2/c22-16(18-12-3-1-2-4-12)6-8-20-7-5-15-14(10-20)21-13(11-23-15)9-17-19-21/h9,12,14-15H,1-8,10-11H2,(H,18,22)/t14-,15+/m1/s1. The second-order valence-electron chi connectivity index (χ2n) is 6.97. The normalized spacial score (nSPS) is 28.3. The van der Waals surface area contributed by atoms with Gasteiger partial charge in [-0.3, -0.25) is 4.79 Å². The fraction of sp³-hybridized carbons (Fsp3) is 0.812. The van der Waals surface area contributed by atoms with Gasteiger partial charge < -0.3 is 15.0 Å². The number of aromatic nitrogens is 3. The van der Waals surface area contributed by atoms with Gasteiger partial charge in [0.25, 0.3) is 0 Å². The smallest absolute Gasteiger partial charge is 0.221 e. The molecule has 23 heavy (non-hydrogen) atoms. The number of amides is 1. The zero-order valence-electron chi connectivity index (χ0n) is 13.5. The molecule has 1 saturated heterocycles. The lowest BCUT2D eigenvalue weighted by Crippen LogP contribution is -2.48. The molecular weight excluding hydrogens is 294 g/mol. The van der Waals surface area contributed by atoms with Gasteiger partial charge in [0.05, 0.1) is 30.6 Å². The van der Waals surface area contributed by atoms with Crippen LogP contribution in [0.25, 0.3) is 0 Å². The van der Waals surface area contributed by atoms with Crippen LogP contribution in [0, 0.1) is 0 Å². The van der Waals surface area contributed by atoms with Gasteiger partial charge in [-0.2, -0.15) is 0 Å². The Balaban J connectivity index is 1.29. The minimum absolute atomic E-state index is 0.195. The molecule has 0 bridgehead atoms. The van der Waals surface area contributed by atoms with Crippen LogP contribution in [0.2, 0.25) is 0 Å². The van der Waals surface area contributed by atoms with Gasteiger partial charge in [0.2, 0.25) is 5.91 Å². The molecule has 0 spiro atoms. The SMILES string of the molecule is O=C(CCN1CC[C@@H]2OCc3cnnn3[C@@H]2C1)NC1CCCC1. The van der Waals surface area contributed by atoms with Crippen LogP contribution in [0.4, 0.5) is 0 Å². The lowest BCUT2D eigenvalue weighted by atomic mass is 10.0. The number of likely N-dealkylation sites (tertiary alicyclic amines) is 1. The van der Waals surface area contributed by atoms with Gasteiger partial charge in [0.1, 0.15) is 0 Å². The Hall–Kier alpha value is -1.47. The van der Waals surface area contributed by atoms with Crippen LogP contribution in [0.5, 0.6) is 0 Å². The lowest BCUT2D eigenvalue weighted by Gasteiger charge is -2.41. The molecule has 3 heterocycles. The molecule has 2 aliphatic heterocycles. The highest BCUT2D eigenvalue weighted by Crippen LogP contribution is 2.29. The monoisotopic (exact) mass is 319 g/mol. The molecule has 4 rings (SSSR count). The highest BCUT2D eigenvalue weighted by molar-refractivity contribution is 5.76. The van der Waals surface area contributed by atoms with E-state index >= 15 is 0 Å². The number of nitrogens with one attached hydrogen (secondary N) is 1. The molecule has 3 aliphatic rings. The third-order valence-corrected chi connectivity index (χ3v) is 5.39. The molecule has 0 aromatic carbocycles. The third-order valence-electron chi connectivity index (χ3n) is 5.39. The molecule has 7 heteroatoms. The predicted octanol–water partition coefficient (Wildman–Crippen LogP) is 0.873. The van der Waals surface area contributed by atoms with E-state index in [1.807, 2.05) is 4.68 Å². The fourth-order valence-corrected chi connectivity index (χ4v) is 4.08. The largest absolute Gasteiger partial charge is 0.370 e. The summed E-state index contributed by atoms with van der Waals surface area (Å²) in [5.74, 6) is 0.195. The van der Waals surface area contributed by atoms with Crippen LogP contribution < -0.4 is 5.32 Å². The second kappa shape index (κ2) is 6.57. The Bertz CT molecular complexity index is 554. The fourth-order valence-electron chi connectivity index (χ4n) is 4.08. The number of hydrogen-bond acceptors (Lipinski definition) is 5. The maximum Gasteiger partial charge on any atom is 0.221 e. The van der Waals surface area contributed by atoms with Crippen LogP contribution in [0.1, 0.15) is 50.3 Å². The summed E-state index contributed by atoms with van der Waals surface area (Å²) in [4.78, 5) is 14.4. The lowest BCUT2D eigenvalue weighted by molar-refractivity contribution is -0.122. The van der Waals surface area contributed by atoms with E-state index in [-0.39, 0.29) is 18.1 Å². The Morgan fingerprint density at radius 1 is 1.35 bits per heavy atom. The number of nitrogens with zero attached hydrogens (tertiary/aromatic N) is 4. The molecular formula is C16H25N5O2. The van der Waals surface area contributed by atoms with E-state index in [4.69, 9.17) is 4.74 Å². The van der Waals surface area contributed by atoms with Crippen molar-refractivity contribution in [1.82, 2.24) is 25.2 Å². The van der Waals surface area contributed by atoms with Crippen molar-refractivity contribution in [3.05, 3.63) is 11.9 Å². The summed E-state index contributed by atoms with van der Waals surface area (Å²) in [6.07, 6.45) is 8.38. The van der Waals surface area contributed by atoms with Gasteiger partial charge in [-0.15, -0.1) is 5.10 Å². The van der Waals surface area contributed by atoms with E-state index in [0.29, 0.717) is 19.1 Å². The number of carbonyl (C=O) groups is 1. The van der Waals surface area contributed by atoms with E-state index in [2.05, 4.69) is 20.5 Å². The van der Waals surface area contributed by atoms with Crippen molar-refractivity contribution >= 4 is 5.91 Å². The number of rotatable bonds is 4. The van der Waals surface area contributed by atoms with Gasteiger partial charge >= 0.3 is 0 Å². The first-order valence-electron chi connectivity index (χ1n) is 8.82. The van der Waals surface area contributed by atoms with Crippen molar-refractivity contribution in [2.75, 3.05) is 19.6 Å². The number of fused-ring (bicyclic) bond motifs is 3. The molecule has 126 valence electrons. The maximum absolute atomic E-state index is 12.1.